The van der Waals surface area contributed by atoms with Gasteiger partial charge < -0.3 is 10.6 Å². The second-order valence-electron chi connectivity index (χ2n) is 6.46. The van der Waals surface area contributed by atoms with E-state index < -0.39 is 11.7 Å². The van der Waals surface area contributed by atoms with Crippen LogP contribution in [0, 0.1) is 12.7 Å². The fourth-order valence-electron chi connectivity index (χ4n) is 3.19. The Morgan fingerprint density at radius 3 is 2.79 bits per heavy atom. The largest absolute Gasteiger partial charge is 0.326 e. The van der Waals surface area contributed by atoms with Crippen molar-refractivity contribution < 1.29 is 14.0 Å². The van der Waals surface area contributed by atoms with Crippen LogP contribution in [-0.4, -0.2) is 16.8 Å². The minimum absolute atomic E-state index is 0.00833. The summed E-state index contributed by atoms with van der Waals surface area (Å²) in [6, 6.07) is 11.8. The maximum Gasteiger partial charge on any atom is 0.234 e. The number of carbonyl (C=O) groups is 2. The molecule has 4 rings (SSSR count). The second-order valence-corrected chi connectivity index (χ2v) is 8.58. The summed E-state index contributed by atoms with van der Waals surface area (Å²) >= 11 is 4.79. The second kappa shape index (κ2) is 7.44. The number of aryl methyl sites for hydroxylation is 1. The molecule has 142 valence electrons. The molecule has 2 aromatic carbocycles. The molecular weight excluding hydrogens is 445 g/mol. The lowest BCUT2D eigenvalue weighted by atomic mass is 9.90. The number of halogens is 2. The Morgan fingerprint density at radius 2 is 2.04 bits per heavy atom. The van der Waals surface area contributed by atoms with E-state index in [2.05, 4.69) is 31.5 Å². The summed E-state index contributed by atoms with van der Waals surface area (Å²) in [5.41, 5.74) is 2.69. The van der Waals surface area contributed by atoms with Crippen molar-refractivity contribution in [2.45, 2.75) is 19.3 Å². The molecule has 0 bridgehead atoms. The van der Waals surface area contributed by atoms with Crippen LogP contribution < -0.4 is 10.6 Å². The number of benzene rings is 2. The van der Waals surface area contributed by atoms with Crippen LogP contribution in [0.3, 0.4) is 0 Å². The highest BCUT2D eigenvalue weighted by atomic mass is 79.9. The monoisotopic (exact) mass is 459 g/mol. The zero-order valence-corrected chi connectivity index (χ0v) is 17.2. The number of nitrogens with one attached hydrogen (secondary N) is 2. The van der Waals surface area contributed by atoms with Crippen molar-refractivity contribution in [3.63, 3.8) is 0 Å². The van der Waals surface area contributed by atoms with Crippen molar-refractivity contribution >= 4 is 49.9 Å². The highest BCUT2D eigenvalue weighted by molar-refractivity contribution is 9.10. The summed E-state index contributed by atoms with van der Waals surface area (Å²) in [6.45, 7) is 1.94. The first-order chi connectivity index (χ1) is 13.4. The first kappa shape index (κ1) is 18.8. The summed E-state index contributed by atoms with van der Waals surface area (Å²) in [7, 11) is 0. The van der Waals surface area contributed by atoms with E-state index in [0.29, 0.717) is 16.4 Å². The number of amides is 2. The Labute approximate surface area is 173 Å². The van der Waals surface area contributed by atoms with Gasteiger partial charge in [-0.1, -0.05) is 34.1 Å². The van der Waals surface area contributed by atoms with Gasteiger partial charge in [-0.3, -0.25) is 9.59 Å². The van der Waals surface area contributed by atoms with Gasteiger partial charge in [0.15, 0.2) is 5.13 Å². The van der Waals surface area contributed by atoms with Crippen LogP contribution in [-0.2, 0) is 9.59 Å². The number of thiazole rings is 1. The standard InChI is InChI=1S/C20H15BrFN3O2S/c1-10-18(11-2-4-12(21)5-3-11)24-20(28-10)25-19(27)15-9-17(26)23-16-8-13(22)6-7-14(15)16/h2-8,15H,9H2,1H3,(H,23,26)(H,24,25,27). The first-order valence-electron chi connectivity index (χ1n) is 8.54. The van der Waals surface area contributed by atoms with E-state index in [0.717, 1.165) is 20.6 Å². The fraction of sp³-hybridized carbons (Fsp3) is 0.150. The number of fused-ring (bicyclic) bond motifs is 1. The topological polar surface area (TPSA) is 71.1 Å². The SMILES string of the molecule is Cc1sc(NC(=O)C2CC(=O)Nc3cc(F)ccc32)nc1-c1ccc(Br)cc1. The summed E-state index contributed by atoms with van der Waals surface area (Å²) in [5.74, 6) is -1.80. The number of aromatic nitrogens is 1. The Morgan fingerprint density at radius 1 is 1.29 bits per heavy atom. The molecule has 28 heavy (non-hydrogen) atoms. The van der Waals surface area contributed by atoms with E-state index in [1.807, 2.05) is 31.2 Å². The van der Waals surface area contributed by atoms with Crippen molar-refractivity contribution in [3.05, 3.63) is 63.2 Å². The van der Waals surface area contributed by atoms with E-state index >= 15 is 0 Å². The fourth-order valence-corrected chi connectivity index (χ4v) is 4.29. The molecule has 2 N–H and O–H groups in total. The summed E-state index contributed by atoms with van der Waals surface area (Å²) in [6.07, 6.45) is 0.00833. The number of hydrogen-bond acceptors (Lipinski definition) is 4. The molecule has 0 radical (unpaired) electrons. The third kappa shape index (κ3) is 3.70. The average Bonchev–Trinajstić information content (AvgIpc) is 3.01. The molecule has 2 heterocycles. The summed E-state index contributed by atoms with van der Waals surface area (Å²) in [5, 5.41) is 5.90. The average molecular weight is 460 g/mol. The predicted molar refractivity (Wildman–Crippen MR) is 111 cm³/mol. The first-order valence-corrected chi connectivity index (χ1v) is 10.1. The molecule has 0 fully saturated rings. The van der Waals surface area contributed by atoms with E-state index in [9.17, 15) is 14.0 Å². The molecule has 1 atom stereocenters. The molecule has 1 aliphatic rings. The minimum atomic E-state index is -0.690. The number of rotatable bonds is 3. The number of hydrogen-bond donors (Lipinski definition) is 2. The Balaban J connectivity index is 1.59. The molecule has 0 saturated carbocycles. The van der Waals surface area contributed by atoms with Crippen molar-refractivity contribution in [1.29, 1.82) is 0 Å². The predicted octanol–water partition coefficient (Wildman–Crippen LogP) is 5.08. The van der Waals surface area contributed by atoms with E-state index in [-0.39, 0.29) is 18.2 Å². The maximum absolute atomic E-state index is 13.5. The van der Waals surface area contributed by atoms with Gasteiger partial charge in [-0.25, -0.2) is 9.37 Å². The quantitative estimate of drug-likeness (QED) is 0.573. The van der Waals surface area contributed by atoms with E-state index in [1.54, 1.807) is 0 Å². The molecule has 1 unspecified atom stereocenters. The molecular formula is C20H15BrFN3O2S. The van der Waals surface area contributed by atoms with Gasteiger partial charge in [0.1, 0.15) is 5.82 Å². The van der Waals surface area contributed by atoms with Crippen LogP contribution in [0.2, 0.25) is 0 Å². The van der Waals surface area contributed by atoms with Crippen molar-refractivity contribution in [1.82, 2.24) is 4.98 Å². The van der Waals surface area contributed by atoms with Gasteiger partial charge in [0.05, 0.1) is 11.6 Å². The molecule has 2 amide bonds. The van der Waals surface area contributed by atoms with Crippen LogP contribution >= 0.6 is 27.3 Å². The number of carbonyl (C=O) groups excluding carboxylic acids is 2. The molecule has 5 nitrogen and oxygen atoms in total. The van der Waals surface area contributed by atoms with Gasteiger partial charge in [-0.05, 0) is 36.8 Å². The molecule has 1 aliphatic heterocycles. The number of nitrogens with zero attached hydrogens (tertiary/aromatic N) is 1. The highest BCUT2D eigenvalue weighted by Crippen LogP contribution is 2.35. The molecule has 3 aromatic rings. The molecule has 8 heteroatoms. The third-order valence-electron chi connectivity index (χ3n) is 4.52. The van der Waals surface area contributed by atoms with Crippen molar-refractivity contribution in [2.24, 2.45) is 0 Å². The van der Waals surface area contributed by atoms with Gasteiger partial charge in [0, 0.05) is 27.0 Å². The van der Waals surface area contributed by atoms with Gasteiger partial charge >= 0.3 is 0 Å². The minimum Gasteiger partial charge on any atom is -0.326 e. The van der Waals surface area contributed by atoms with Crippen LogP contribution in [0.5, 0.6) is 0 Å². The van der Waals surface area contributed by atoms with Gasteiger partial charge in [-0.2, -0.15) is 0 Å². The molecule has 1 aromatic heterocycles. The van der Waals surface area contributed by atoms with Crippen LogP contribution in [0.4, 0.5) is 15.2 Å². The lowest BCUT2D eigenvalue weighted by molar-refractivity contribution is -0.123. The van der Waals surface area contributed by atoms with Crippen molar-refractivity contribution in [2.75, 3.05) is 10.6 Å². The van der Waals surface area contributed by atoms with E-state index in [4.69, 9.17) is 0 Å². The summed E-state index contributed by atoms with van der Waals surface area (Å²) in [4.78, 5) is 30.3. The van der Waals surface area contributed by atoms with Crippen LogP contribution in [0.1, 0.15) is 22.8 Å². The maximum atomic E-state index is 13.5. The molecule has 0 aliphatic carbocycles. The van der Waals surface area contributed by atoms with Gasteiger partial charge in [0.2, 0.25) is 11.8 Å². The van der Waals surface area contributed by atoms with E-state index in [1.165, 1.54) is 29.5 Å². The Hall–Kier alpha value is -2.58. The summed E-state index contributed by atoms with van der Waals surface area (Å²) < 4.78 is 14.4. The Bertz CT molecular complexity index is 1080. The lowest BCUT2D eigenvalue weighted by Gasteiger charge is -2.24. The highest BCUT2D eigenvalue weighted by Gasteiger charge is 2.31. The Kier molecular flexibility index (Phi) is 4.99. The normalized spacial score (nSPS) is 15.7. The number of anilines is 2. The zero-order chi connectivity index (χ0) is 19.8. The van der Waals surface area contributed by atoms with Gasteiger partial charge in [0.25, 0.3) is 0 Å². The third-order valence-corrected chi connectivity index (χ3v) is 5.93. The van der Waals surface area contributed by atoms with Gasteiger partial charge in [-0.15, -0.1) is 11.3 Å². The zero-order valence-electron chi connectivity index (χ0n) is 14.8. The van der Waals surface area contributed by atoms with Crippen LogP contribution in [0.15, 0.2) is 46.9 Å². The molecule has 0 spiro atoms. The lowest BCUT2D eigenvalue weighted by Crippen LogP contribution is -2.30. The van der Waals surface area contributed by atoms with Crippen molar-refractivity contribution in [3.8, 4) is 11.3 Å². The van der Waals surface area contributed by atoms with Crippen LogP contribution in [0.25, 0.3) is 11.3 Å². The smallest absolute Gasteiger partial charge is 0.234 e. The molecule has 0 saturated heterocycles.